The first kappa shape index (κ1) is 18.4. The molecule has 0 fully saturated rings. The summed E-state index contributed by atoms with van der Waals surface area (Å²) < 4.78 is 6.23. The minimum atomic E-state index is -1.94. The normalized spacial score (nSPS) is 13.6. The fraction of sp³-hybridized carbons (Fsp3) is 0.556. The highest BCUT2D eigenvalue weighted by molar-refractivity contribution is 6.74. The number of nitrogens with zero attached hydrogens (tertiary/aromatic N) is 1. The molecule has 1 unspecified atom stereocenters. The van der Waals surface area contributed by atoms with E-state index in [4.69, 9.17) is 4.43 Å². The number of nitriles is 1. The van der Waals surface area contributed by atoms with Gasteiger partial charge in [0.25, 0.3) is 0 Å². The van der Waals surface area contributed by atoms with Crippen LogP contribution in [-0.4, -0.2) is 14.1 Å². The number of hydrogen-bond acceptors (Lipinski definition) is 3. The first-order chi connectivity index (χ1) is 9.99. The Labute approximate surface area is 135 Å². The summed E-state index contributed by atoms with van der Waals surface area (Å²) in [6.45, 7) is 14.7. The zero-order chi connectivity index (χ0) is 17.1. The van der Waals surface area contributed by atoms with Crippen molar-refractivity contribution < 1.29 is 9.22 Å². The largest absolute Gasteiger partial charge is 0.543 e. The van der Waals surface area contributed by atoms with Gasteiger partial charge in [-0.1, -0.05) is 46.8 Å². The third-order valence-electron chi connectivity index (χ3n) is 4.39. The molecular formula is C18H27NO2Si. The van der Waals surface area contributed by atoms with E-state index >= 15 is 0 Å². The molecule has 22 heavy (non-hydrogen) atoms. The van der Waals surface area contributed by atoms with Crippen LogP contribution in [0, 0.1) is 23.2 Å². The average molecular weight is 318 g/mol. The van der Waals surface area contributed by atoms with Crippen molar-refractivity contribution in [3.63, 3.8) is 0 Å². The summed E-state index contributed by atoms with van der Waals surface area (Å²) in [5, 5.41) is 9.29. The third-order valence-corrected chi connectivity index (χ3v) is 8.74. The summed E-state index contributed by atoms with van der Waals surface area (Å²) >= 11 is 0. The van der Waals surface area contributed by atoms with Gasteiger partial charge in [-0.2, -0.15) is 5.26 Å². The molecule has 1 atom stereocenters. The lowest BCUT2D eigenvalue weighted by atomic mass is 9.89. The molecule has 0 aliphatic rings. The van der Waals surface area contributed by atoms with Gasteiger partial charge in [-0.3, -0.25) is 4.79 Å². The van der Waals surface area contributed by atoms with E-state index in [0.717, 1.165) is 5.75 Å². The van der Waals surface area contributed by atoms with Gasteiger partial charge in [-0.05, 0) is 36.2 Å². The Morgan fingerprint density at radius 2 is 1.86 bits per heavy atom. The number of rotatable bonds is 5. The van der Waals surface area contributed by atoms with Gasteiger partial charge in [0.15, 0.2) is 5.78 Å². The van der Waals surface area contributed by atoms with Gasteiger partial charge in [-0.25, -0.2) is 0 Å². The van der Waals surface area contributed by atoms with E-state index in [1.165, 1.54) is 0 Å². The van der Waals surface area contributed by atoms with Crippen LogP contribution in [0.1, 0.15) is 45.0 Å². The maximum absolute atomic E-state index is 12.5. The Bertz CT molecular complexity index is 579. The van der Waals surface area contributed by atoms with E-state index in [1.807, 2.05) is 26.0 Å². The van der Waals surface area contributed by atoms with E-state index in [0.29, 0.717) is 5.56 Å². The molecule has 0 saturated carbocycles. The molecule has 1 rings (SSSR count). The molecule has 4 heteroatoms. The van der Waals surface area contributed by atoms with Gasteiger partial charge in [0.2, 0.25) is 8.32 Å². The predicted molar refractivity (Wildman–Crippen MR) is 92.5 cm³/mol. The molecule has 3 nitrogen and oxygen atoms in total. The molecule has 120 valence electrons. The zero-order valence-corrected chi connectivity index (χ0v) is 15.7. The Morgan fingerprint density at radius 3 is 2.32 bits per heavy atom. The van der Waals surface area contributed by atoms with E-state index in [9.17, 15) is 10.1 Å². The van der Waals surface area contributed by atoms with Crippen LogP contribution < -0.4 is 4.43 Å². The van der Waals surface area contributed by atoms with Crippen LogP contribution in [0.2, 0.25) is 18.1 Å². The quantitative estimate of drug-likeness (QED) is 0.564. The third kappa shape index (κ3) is 4.20. The minimum absolute atomic E-state index is 0.00228. The van der Waals surface area contributed by atoms with Crippen LogP contribution in [0.3, 0.4) is 0 Å². The molecule has 0 N–H and O–H groups in total. The molecule has 0 aromatic heterocycles. The van der Waals surface area contributed by atoms with Crippen LogP contribution >= 0.6 is 0 Å². The monoisotopic (exact) mass is 317 g/mol. The molecule has 1 aromatic carbocycles. The lowest BCUT2D eigenvalue weighted by Gasteiger charge is -2.36. The standard InChI is InChI=1S/C18H27NO2Si/c1-13(2)16(12-19)17(20)14-9-8-10-15(11-14)21-22(6,7)18(3,4)5/h8-11,13,16H,1-7H3. The number of Topliss-reactive ketones (excluding diaryl/α,β-unsaturated/α-hetero) is 1. The van der Waals surface area contributed by atoms with Crippen molar-refractivity contribution in [3.05, 3.63) is 29.8 Å². The van der Waals surface area contributed by atoms with Gasteiger partial charge in [0, 0.05) is 5.56 Å². The molecule has 1 aromatic rings. The Kier molecular flexibility index (Phi) is 5.58. The van der Waals surface area contributed by atoms with Crippen molar-refractivity contribution in [2.45, 2.75) is 52.8 Å². The van der Waals surface area contributed by atoms with E-state index in [-0.39, 0.29) is 16.7 Å². The maximum atomic E-state index is 12.5. The highest BCUT2D eigenvalue weighted by Crippen LogP contribution is 2.37. The van der Waals surface area contributed by atoms with Crippen molar-refractivity contribution in [2.75, 3.05) is 0 Å². The average Bonchev–Trinajstić information content (AvgIpc) is 2.37. The lowest BCUT2D eigenvalue weighted by Crippen LogP contribution is -2.43. The molecule has 0 aliphatic heterocycles. The predicted octanol–water partition coefficient (Wildman–Crippen LogP) is 5.05. The summed E-state index contributed by atoms with van der Waals surface area (Å²) in [6.07, 6.45) is 0. The van der Waals surface area contributed by atoms with Crippen molar-refractivity contribution in [1.82, 2.24) is 0 Å². The molecule has 0 aliphatic carbocycles. The van der Waals surface area contributed by atoms with E-state index in [2.05, 4.69) is 39.9 Å². The Morgan fingerprint density at radius 1 is 1.27 bits per heavy atom. The van der Waals surface area contributed by atoms with Crippen molar-refractivity contribution in [1.29, 1.82) is 5.26 Å². The SMILES string of the molecule is CC(C)C(C#N)C(=O)c1cccc(O[Si](C)(C)C(C)(C)C)c1. The number of ketones is 1. The fourth-order valence-electron chi connectivity index (χ4n) is 1.85. The van der Waals surface area contributed by atoms with Crippen LogP contribution in [0.5, 0.6) is 5.75 Å². The second kappa shape index (κ2) is 6.66. The summed E-state index contributed by atoms with van der Waals surface area (Å²) in [5.41, 5.74) is 0.552. The molecular weight excluding hydrogens is 290 g/mol. The summed E-state index contributed by atoms with van der Waals surface area (Å²) in [5.74, 6) is -0.0124. The summed E-state index contributed by atoms with van der Waals surface area (Å²) in [7, 11) is -1.94. The molecule has 0 saturated heterocycles. The fourth-order valence-corrected chi connectivity index (χ4v) is 2.87. The van der Waals surface area contributed by atoms with Gasteiger partial charge in [0.05, 0.1) is 6.07 Å². The van der Waals surface area contributed by atoms with Crippen LogP contribution in [0.15, 0.2) is 24.3 Å². The van der Waals surface area contributed by atoms with E-state index in [1.54, 1.807) is 12.1 Å². The Hall–Kier alpha value is -1.60. The van der Waals surface area contributed by atoms with Crippen LogP contribution in [-0.2, 0) is 0 Å². The topological polar surface area (TPSA) is 50.1 Å². The van der Waals surface area contributed by atoms with Crippen molar-refractivity contribution >= 4 is 14.1 Å². The highest BCUT2D eigenvalue weighted by atomic mass is 28.4. The van der Waals surface area contributed by atoms with E-state index < -0.39 is 14.2 Å². The number of carbonyl (C=O) groups is 1. The smallest absolute Gasteiger partial charge is 0.250 e. The molecule has 0 spiro atoms. The molecule has 0 amide bonds. The van der Waals surface area contributed by atoms with Crippen molar-refractivity contribution in [3.8, 4) is 11.8 Å². The van der Waals surface area contributed by atoms with Gasteiger partial charge < -0.3 is 4.43 Å². The second-order valence-corrected chi connectivity index (χ2v) is 12.3. The van der Waals surface area contributed by atoms with Gasteiger partial charge in [0.1, 0.15) is 11.7 Å². The number of benzene rings is 1. The lowest BCUT2D eigenvalue weighted by molar-refractivity contribution is 0.0924. The van der Waals surface area contributed by atoms with Crippen LogP contribution in [0.25, 0.3) is 0 Å². The number of carbonyl (C=O) groups excluding carboxylic acids is 1. The molecule has 0 bridgehead atoms. The minimum Gasteiger partial charge on any atom is -0.543 e. The van der Waals surface area contributed by atoms with Gasteiger partial charge >= 0.3 is 0 Å². The Balaban J connectivity index is 3.06. The molecule has 0 radical (unpaired) electrons. The first-order valence-corrected chi connectivity index (χ1v) is 10.6. The van der Waals surface area contributed by atoms with Crippen molar-refractivity contribution in [2.24, 2.45) is 11.8 Å². The van der Waals surface area contributed by atoms with Gasteiger partial charge in [-0.15, -0.1) is 0 Å². The zero-order valence-electron chi connectivity index (χ0n) is 14.7. The first-order valence-electron chi connectivity index (χ1n) is 7.72. The summed E-state index contributed by atoms with van der Waals surface area (Å²) in [6, 6.07) is 9.35. The molecule has 0 heterocycles. The number of hydrogen-bond donors (Lipinski definition) is 0. The second-order valence-electron chi connectivity index (χ2n) is 7.61. The summed E-state index contributed by atoms with van der Waals surface area (Å²) in [4.78, 5) is 12.5. The maximum Gasteiger partial charge on any atom is 0.250 e. The van der Waals surface area contributed by atoms with Crippen LogP contribution in [0.4, 0.5) is 0 Å². The highest BCUT2D eigenvalue weighted by Gasteiger charge is 2.39.